The highest BCUT2D eigenvalue weighted by Gasteiger charge is 2.24. The minimum absolute atomic E-state index is 0.0965. The van der Waals surface area contributed by atoms with Gasteiger partial charge < -0.3 is 30.2 Å². The van der Waals surface area contributed by atoms with Gasteiger partial charge in [0, 0.05) is 19.6 Å². The van der Waals surface area contributed by atoms with E-state index in [0.29, 0.717) is 44.3 Å². The first kappa shape index (κ1) is 20.8. The number of morpholine rings is 1. The molecule has 2 amide bonds. The molecule has 27 heavy (non-hydrogen) atoms. The van der Waals surface area contributed by atoms with Gasteiger partial charge in [0.1, 0.15) is 5.75 Å². The summed E-state index contributed by atoms with van der Waals surface area (Å²) in [5, 5.41) is 2.69. The summed E-state index contributed by atoms with van der Waals surface area (Å²) in [5.41, 5.74) is 7.21. The molecule has 1 aliphatic rings. The van der Waals surface area contributed by atoms with Crippen molar-refractivity contribution in [3.8, 4) is 5.75 Å². The number of carbonyl (C=O) groups excluding carboxylic acids is 2. The van der Waals surface area contributed by atoms with Gasteiger partial charge in [0.2, 0.25) is 0 Å². The van der Waals surface area contributed by atoms with E-state index in [1.165, 1.54) is 0 Å². The third kappa shape index (κ3) is 6.63. The van der Waals surface area contributed by atoms with Gasteiger partial charge in [-0.25, -0.2) is 4.79 Å². The summed E-state index contributed by atoms with van der Waals surface area (Å²) in [5.74, 6) is 0.323. The highest BCUT2D eigenvalue weighted by Crippen LogP contribution is 2.24. The summed E-state index contributed by atoms with van der Waals surface area (Å²) in [6.07, 6.45) is 0.682. The highest BCUT2D eigenvalue weighted by atomic mass is 16.5. The van der Waals surface area contributed by atoms with Crippen LogP contribution in [0.2, 0.25) is 0 Å². The number of rotatable bonds is 8. The zero-order chi connectivity index (χ0) is 19.6. The zero-order valence-corrected chi connectivity index (χ0v) is 16.0. The number of hydrogen-bond acceptors (Lipinski definition) is 6. The minimum Gasteiger partial charge on any atom is -0.479 e. The molecule has 8 nitrogen and oxygen atoms in total. The van der Waals surface area contributed by atoms with Crippen LogP contribution in [-0.4, -0.2) is 55.9 Å². The SMILES string of the molecule is CCCCOC(=O)NCc1ccc(N)c(O[C@@H](C)C(=O)N2CCOCC2)c1. The normalized spacial score (nSPS) is 15.1. The molecule has 1 heterocycles. The van der Waals surface area contributed by atoms with E-state index in [4.69, 9.17) is 19.9 Å². The van der Waals surface area contributed by atoms with Crippen molar-refractivity contribution in [2.24, 2.45) is 0 Å². The summed E-state index contributed by atoms with van der Waals surface area (Å²) < 4.78 is 16.1. The molecular weight excluding hydrogens is 350 g/mol. The van der Waals surface area contributed by atoms with E-state index < -0.39 is 12.2 Å². The molecule has 1 atom stereocenters. The Kier molecular flexibility index (Phi) is 8.19. The molecule has 1 aliphatic heterocycles. The van der Waals surface area contributed by atoms with Crippen LogP contribution >= 0.6 is 0 Å². The number of unbranched alkanes of at least 4 members (excludes halogenated alkanes) is 1. The summed E-state index contributed by atoms with van der Waals surface area (Å²) in [6, 6.07) is 5.22. The Labute approximate surface area is 159 Å². The molecule has 0 radical (unpaired) electrons. The fourth-order valence-electron chi connectivity index (χ4n) is 2.61. The maximum atomic E-state index is 12.5. The lowest BCUT2D eigenvalue weighted by Gasteiger charge is -2.29. The van der Waals surface area contributed by atoms with Gasteiger partial charge in [0.15, 0.2) is 6.10 Å². The number of hydrogen-bond donors (Lipinski definition) is 2. The second-order valence-corrected chi connectivity index (χ2v) is 6.41. The molecule has 150 valence electrons. The Balaban J connectivity index is 1.89. The maximum Gasteiger partial charge on any atom is 0.407 e. The van der Waals surface area contributed by atoms with Crippen molar-refractivity contribution in [1.29, 1.82) is 0 Å². The van der Waals surface area contributed by atoms with Crippen molar-refractivity contribution in [3.05, 3.63) is 23.8 Å². The van der Waals surface area contributed by atoms with Crippen LogP contribution in [0.25, 0.3) is 0 Å². The Morgan fingerprint density at radius 3 is 2.78 bits per heavy atom. The minimum atomic E-state index is -0.660. The first-order valence-electron chi connectivity index (χ1n) is 9.33. The molecule has 0 bridgehead atoms. The summed E-state index contributed by atoms with van der Waals surface area (Å²) in [7, 11) is 0. The van der Waals surface area contributed by atoms with E-state index in [9.17, 15) is 9.59 Å². The third-order valence-electron chi connectivity index (χ3n) is 4.22. The number of benzene rings is 1. The lowest BCUT2D eigenvalue weighted by atomic mass is 10.2. The number of anilines is 1. The first-order chi connectivity index (χ1) is 13.0. The van der Waals surface area contributed by atoms with Crippen LogP contribution < -0.4 is 15.8 Å². The number of carbonyl (C=O) groups is 2. The van der Waals surface area contributed by atoms with Crippen LogP contribution in [0, 0.1) is 0 Å². The summed E-state index contributed by atoms with van der Waals surface area (Å²) in [6.45, 7) is 6.62. The number of nitrogens with two attached hydrogens (primary N) is 1. The van der Waals surface area contributed by atoms with Crippen molar-refractivity contribution in [2.75, 3.05) is 38.6 Å². The molecule has 2 rings (SSSR count). The maximum absolute atomic E-state index is 12.5. The molecule has 8 heteroatoms. The van der Waals surface area contributed by atoms with Crippen LogP contribution in [0.4, 0.5) is 10.5 Å². The van der Waals surface area contributed by atoms with E-state index in [1.807, 2.05) is 6.92 Å². The number of nitrogens with one attached hydrogen (secondary N) is 1. The standard InChI is InChI=1S/C19H29N3O5/c1-3-4-9-26-19(24)21-13-15-5-6-16(20)17(12-15)27-14(2)18(23)22-7-10-25-11-8-22/h5-6,12,14H,3-4,7-11,13,20H2,1-2H3,(H,21,24)/t14-/m0/s1. The van der Waals surface area contributed by atoms with Gasteiger partial charge in [0.05, 0.1) is 25.5 Å². The number of nitrogens with zero attached hydrogens (tertiary/aromatic N) is 1. The van der Waals surface area contributed by atoms with Crippen molar-refractivity contribution in [1.82, 2.24) is 10.2 Å². The number of ether oxygens (including phenoxy) is 3. The van der Waals surface area contributed by atoms with Crippen molar-refractivity contribution >= 4 is 17.7 Å². The fourth-order valence-corrected chi connectivity index (χ4v) is 2.61. The average molecular weight is 379 g/mol. The zero-order valence-electron chi connectivity index (χ0n) is 16.0. The Bertz CT molecular complexity index is 632. The quantitative estimate of drug-likeness (QED) is 0.528. The van der Waals surface area contributed by atoms with Crippen molar-refractivity contribution in [2.45, 2.75) is 39.3 Å². The van der Waals surface area contributed by atoms with Crippen molar-refractivity contribution in [3.63, 3.8) is 0 Å². The molecule has 0 aromatic heterocycles. The van der Waals surface area contributed by atoms with Crippen LogP contribution in [0.5, 0.6) is 5.75 Å². The second-order valence-electron chi connectivity index (χ2n) is 6.41. The van der Waals surface area contributed by atoms with Crippen LogP contribution in [0.15, 0.2) is 18.2 Å². The van der Waals surface area contributed by atoms with Gasteiger partial charge in [-0.05, 0) is 31.0 Å². The number of nitrogen functional groups attached to an aromatic ring is 1. The van der Waals surface area contributed by atoms with E-state index in [1.54, 1.807) is 30.0 Å². The number of alkyl carbamates (subject to hydrolysis) is 1. The molecule has 1 fully saturated rings. The molecule has 0 unspecified atom stereocenters. The molecule has 1 saturated heterocycles. The fraction of sp³-hybridized carbons (Fsp3) is 0.579. The van der Waals surface area contributed by atoms with Gasteiger partial charge >= 0.3 is 6.09 Å². The van der Waals surface area contributed by atoms with Gasteiger partial charge in [-0.2, -0.15) is 0 Å². The largest absolute Gasteiger partial charge is 0.479 e. The van der Waals surface area contributed by atoms with E-state index in [2.05, 4.69) is 5.32 Å². The Morgan fingerprint density at radius 2 is 2.07 bits per heavy atom. The first-order valence-corrected chi connectivity index (χ1v) is 9.33. The Hall–Kier alpha value is -2.48. The van der Waals surface area contributed by atoms with E-state index in [-0.39, 0.29) is 12.5 Å². The van der Waals surface area contributed by atoms with Gasteiger partial charge in [-0.1, -0.05) is 19.4 Å². The van der Waals surface area contributed by atoms with Crippen molar-refractivity contribution < 1.29 is 23.8 Å². The predicted octanol–water partition coefficient (Wildman–Crippen LogP) is 1.92. The molecule has 3 N–H and O–H groups in total. The smallest absolute Gasteiger partial charge is 0.407 e. The van der Waals surface area contributed by atoms with Crippen LogP contribution in [0.3, 0.4) is 0 Å². The van der Waals surface area contributed by atoms with Crippen LogP contribution in [0.1, 0.15) is 32.3 Å². The predicted molar refractivity (Wildman–Crippen MR) is 101 cm³/mol. The van der Waals surface area contributed by atoms with Gasteiger partial charge in [0.25, 0.3) is 5.91 Å². The summed E-state index contributed by atoms with van der Waals surface area (Å²) in [4.78, 5) is 25.8. The third-order valence-corrected chi connectivity index (χ3v) is 4.22. The molecule has 0 aliphatic carbocycles. The average Bonchev–Trinajstić information content (AvgIpc) is 2.68. The molecule has 1 aromatic rings. The molecule has 1 aromatic carbocycles. The second kappa shape index (κ2) is 10.6. The van der Waals surface area contributed by atoms with Gasteiger partial charge in [-0.3, -0.25) is 4.79 Å². The molecule has 0 spiro atoms. The van der Waals surface area contributed by atoms with E-state index >= 15 is 0 Å². The summed E-state index contributed by atoms with van der Waals surface area (Å²) >= 11 is 0. The van der Waals surface area contributed by atoms with E-state index in [0.717, 1.165) is 18.4 Å². The molecular formula is C19H29N3O5. The molecule has 0 saturated carbocycles. The lowest BCUT2D eigenvalue weighted by Crippen LogP contribution is -2.46. The van der Waals surface area contributed by atoms with Gasteiger partial charge in [-0.15, -0.1) is 0 Å². The van der Waals surface area contributed by atoms with Crippen LogP contribution in [-0.2, 0) is 20.8 Å². The number of amides is 2. The Morgan fingerprint density at radius 1 is 1.33 bits per heavy atom. The monoisotopic (exact) mass is 379 g/mol. The highest BCUT2D eigenvalue weighted by molar-refractivity contribution is 5.81. The lowest BCUT2D eigenvalue weighted by molar-refractivity contribution is -0.142. The topological polar surface area (TPSA) is 103 Å².